The third-order valence-corrected chi connectivity index (χ3v) is 5.42. The molecule has 3 rings (SSSR count). The SMILES string of the molecule is CC1CCCCN1CCN(Cc1cc(N)ccc1Cl)C(=O)c1ccn[nH]1. The third kappa shape index (κ3) is 4.56. The molecule has 1 aromatic carbocycles. The number of hydrogen-bond acceptors (Lipinski definition) is 4. The predicted octanol–water partition coefficient (Wildman–Crippen LogP) is 3.16. The van der Waals surface area contributed by atoms with E-state index >= 15 is 0 Å². The van der Waals surface area contributed by atoms with Crippen molar-refractivity contribution in [1.29, 1.82) is 0 Å². The van der Waals surface area contributed by atoms with Crippen molar-refractivity contribution in [3.63, 3.8) is 0 Å². The van der Waals surface area contributed by atoms with Crippen LogP contribution in [0.15, 0.2) is 30.5 Å². The van der Waals surface area contributed by atoms with Crippen LogP contribution in [-0.2, 0) is 6.54 Å². The Balaban J connectivity index is 1.75. The number of nitrogens with two attached hydrogens (primary N) is 1. The average molecular weight is 376 g/mol. The van der Waals surface area contributed by atoms with Gasteiger partial charge in [-0.1, -0.05) is 18.0 Å². The van der Waals surface area contributed by atoms with Gasteiger partial charge in [0.1, 0.15) is 5.69 Å². The molecule has 26 heavy (non-hydrogen) atoms. The molecule has 7 heteroatoms. The highest BCUT2D eigenvalue weighted by atomic mass is 35.5. The van der Waals surface area contributed by atoms with Crippen LogP contribution < -0.4 is 5.73 Å². The number of amides is 1. The number of anilines is 1. The van der Waals surface area contributed by atoms with Crippen LogP contribution in [0.5, 0.6) is 0 Å². The van der Waals surface area contributed by atoms with Gasteiger partial charge in [0.15, 0.2) is 0 Å². The average Bonchev–Trinajstić information content (AvgIpc) is 3.17. The number of nitrogens with one attached hydrogen (secondary N) is 1. The molecule has 1 fully saturated rings. The van der Waals surface area contributed by atoms with Gasteiger partial charge in [-0.25, -0.2) is 0 Å². The molecular formula is C19H26ClN5O. The van der Waals surface area contributed by atoms with E-state index < -0.39 is 0 Å². The fourth-order valence-electron chi connectivity index (χ4n) is 3.46. The first-order valence-electron chi connectivity index (χ1n) is 9.11. The Labute approximate surface area is 159 Å². The summed E-state index contributed by atoms with van der Waals surface area (Å²) in [6, 6.07) is 7.63. The van der Waals surface area contributed by atoms with Crippen LogP contribution in [0.4, 0.5) is 5.69 Å². The molecule has 1 unspecified atom stereocenters. The normalized spacial score (nSPS) is 18.0. The fraction of sp³-hybridized carbons (Fsp3) is 0.474. The lowest BCUT2D eigenvalue weighted by Crippen LogP contribution is -2.44. The summed E-state index contributed by atoms with van der Waals surface area (Å²) in [6.45, 7) is 5.25. The van der Waals surface area contributed by atoms with Crippen LogP contribution in [0, 0.1) is 0 Å². The van der Waals surface area contributed by atoms with Gasteiger partial charge >= 0.3 is 0 Å². The number of nitrogen functional groups attached to an aromatic ring is 1. The van der Waals surface area contributed by atoms with Crippen LogP contribution >= 0.6 is 11.6 Å². The van der Waals surface area contributed by atoms with Gasteiger partial charge in [0.2, 0.25) is 0 Å². The number of aromatic nitrogens is 2. The molecule has 1 aliphatic heterocycles. The second kappa shape index (κ2) is 8.56. The van der Waals surface area contributed by atoms with Gasteiger partial charge in [0.05, 0.1) is 0 Å². The predicted molar refractivity (Wildman–Crippen MR) is 104 cm³/mol. The molecule has 1 atom stereocenters. The van der Waals surface area contributed by atoms with Crippen molar-refractivity contribution in [3.8, 4) is 0 Å². The maximum absolute atomic E-state index is 12.9. The third-order valence-electron chi connectivity index (χ3n) is 5.05. The molecule has 6 nitrogen and oxygen atoms in total. The number of carbonyl (C=O) groups is 1. The number of likely N-dealkylation sites (tertiary alicyclic amines) is 1. The minimum atomic E-state index is -0.0781. The van der Waals surface area contributed by atoms with E-state index in [9.17, 15) is 4.79 Å². The van der Waals surface area contributed by atoms with Crippen molar-refractivity contribution < 1.29 is 4.79 Å². The highest BCUT2D eigenvalue weighted by molar-refractivity contribution is 6.31. The Kier molecular flexibility index (Phi) is 6.16. The first kappa shape index (κ1) is 18.7. The number of halogens is 1. The van der Waals surface area contributed by atoms with Gasteiger partial charge < -0.3 is 10.6 Å². The summed E-state index contributed by atoms with van der Waals surface area (Å²) in [4.78, 5) is 17.2. The van der Waals surface area contributed by atoms with E-state index in [0.29, 0.717) is 35.5 Å². The van der Waals surface area contributed by atoms with Gasteiger partial charge in [-0.15, -0.1) is 0 Å². The zero-order valence-corrected chi connectivity index (χ0v) is 15.9. The Morgan fingerprint density at radius 3 is 3.00 bits per heavy atom. The summed E-state index contributed by atoms with van der Waals surface area (Å²) in [5.74, 6) is -0.0781. The van der Waals surface area contributed by atoms with Crippen molar-refractivity contribution >= 4 is 23.2 Å². The minimum Gasteiger partial charge on any atom is -0.399 e. The van der Waals surface area contributed by atoms with Gasteiger partial charge in [0.25, 0.3) is 5.91 Å². The number of piperidine rings is 1. The van der Waals surface area contributed by atoms with E-state index in [1.54, 1.807) is 24.4 Å². The minimum absolute atomic E-state index is 0.0781. The lowest BCUT2D eigenvalue weighted by molar-refractivity contribution is 0.0686. The fourth-order valence-corrected chi connectivity index (χ4v) is 3.64. The second-order valence-electron chi connectivity index (χ2n) is 6.93. The van der Waals surface area contributed by atoms with Crippen LogP contribution in [0.2, 0.25) is 5.02 Å². The van der Waals surface area contributed by atoms with E-state index in [0.717, 1.165) is 18.7 Å². The molecular weight excluding hydrogens is 350 g/mol. The van der Waals surface area contributed by atoms with E-state index in [1.165, 1.54) is 19.3 Å². The van der Waals surface area contributed by atoms with Crippen molar-refractivity contribution in [2.24, 2.45) is 0 Å². The quantitative estimate of drug-likeness (QED) is 0.760. The number of nitrogens with zero attached hydrogens (tertiary/aromatic N) is 3. The smallest absolute Gasteiger partial charge is 0.272 e. The lowest BCUT2D eigenvalue weighted by atomic mass is 10.0. The first-order chi connectivity index (χ1) is 12.5. The molecule has 2 aromatic rings. The summed E-state index contributed by atoms with van der Waals surface area (Å²) in [6.07, 6.45) is 5.31. The Bertz CT molecular complexity index is 734. The molecule has 1 saturated heterocycles. The zero-order chi connectivity index (χ0) is 18.5. The van der Waals surface area contributed by atoms with Gasteiger partial charge in [0, 0.05) is 42.6 Å². The number of carbonyl (C=O) groups excluding carboxylic acids is 1. The van der Waals surface area contributed by atoms with Gasteiger partial charge in [-0.3, -0.25) is 14.8 Å². The van der Waals surface area contributed by atoms with E-state index in [-0.39, 0.29) is 5.91 Å². The highest BCUT2D eigenvalue weighted by Gasteiger charge is 2.22. The number of aromatic amines is 1. The molecule has 0 saturated carbocycles. The van der Waals surface area contributed by atoms with E-state index in [4.69, 9.17) is 17.3 Å². The van der Waals surface area contributed by atoms with Crippen molar-refractivity contribution in [2.45, 2.75) is 38.8 Å². The molecule has 1 aliphatic rings. The molecule has 2 heterocycles. The van der Waals surface area contributed by atoms with Gasteiger partial charge in [-0.05, 0) is 56.1 Å². The number of H-pyrrole nitrogens is 1. The Hall–Kier alpha value is -2.05. The second-order valence-corrected chi connectivity index (χ2v) is 7.34. The maximum Gasteiger partial charge on any atom is 0.272 e. The van der Waals surface area contributed by atoms with Crippen molar-refractivity contribution in [1.82, 2.24) is 20.0 Å². The topological polar surface area (TPSA) is 78.2 Å². The molecule has 3 N–H and O–H groups in total. The Morgan fingerprint density at radius 2 is 2.27 bits per heavy atom. The van der Waals surface area contributed by atoms with Gasteiger partial charge in [-0.2, -0.15) is 5.10 Å². The highest BCUT2D eigenvalue weighted by Crippen LogP contribution is 2.22. The van der Waals surface area contributed by atoms with Crippen LogP contribution in [0.1, 0.15) is 42.2 Å². The van der Waals surface area contributed by atoms with Crippen LogP contribution in [0.3, 0.4) is 0 Å². The summed E-state index contributed by atoms with van der Waals surface area (Å²) in [5.41, 5.74) is 7.87. The lowest BCUT2D eigenvalue weighted by Gasteiger charge is -2.35. The maximum atomic E-state index is 12.9. The Morgan fingerprint density at radius 1 is 1.42 bits per heavy atom. The van der Waals surface area contributed by atoms with E-state index in [2.05, 4.69) is 22.0 Å². The molecule has 140 valence electrons. The zero-order valence-electron chi connectivity index (χ0n) is 15.1. The first-order valence-corrected chi connectivity index (χ1v) is 9.49. The van der Waals surface area contributed by atoms with Crippen LogP contribution in [-0.4, -0.2) is 51.6 Å². The molecule has 1 amide bonds. The molecule has 0 bridgehead atoms. The monoisotopic (exact) mass is 375 g/mol. The molecule has 1 aromatic heterocycles. The number of rotatable bonds is 6. The number of hydrogen-bond donors (Lipinski definition) is 2. The van der Waals surface area contributed by atoms with E-state index in [1.807, 2.05) is 11.0 Å². The summed E-state index contributed by atoms with van der Waals surface area (Å²) >= 11 is 6.32. The number of benzene rings is 1. The van der Waals surface area contributed by atoms with Crippen molar-refractivity contribution in [2.75, 3.05) is 25.4 Å². The summed E-state index contributed by atoms with van der Waals surface area (Å²) in [7, 11) is 0. The molecule has 0 spiro atoms. The summed E-state index contributed by atoms with van der Waals surface area (Å²) < 4.78 is 0. The molecule has 0 aliphatic carbocycles. The standard InChI is InChI=1S/C19H26ClN5O/c1-14-4-2-3-9-24(14)10-11-25(19(26)18-7-8-22-23-18)13-15-12-16(21)5-6-17(15)20/h5-8,12,14H,2-4,9-11,13,21H2,1H3,(H,22,23). The summed E-state index contributed by atoms with van der Waals surface area (Å²) in [5, 5.41) is 7.28. The van der Waals surface area contributed by atoms with Crippen LogP contribution in [0.25, 0.3) is 0 Å². The largest absolute Gasteiger partial charge is 0.399 e. The molecule has 0 radical (unpaired) electrons. The van der Waals surface area contributed by atoms with Crippen molar-refractivity contribution in [3.05, 3.63) is 46.7 Å².